The molecule has 5 rings (SSSR count). The van der Waals surface area contributed by atoms with Crippen molar-refractivity contribution >= 4 is 5.97 Å². The van der Waals surface area contributed by atoms with Gasteiger partial charge in [0.15, 0.2) is 0 Å². The van der Waals surface area contributed by atoms with Gasteiger partial charge < -0.3 is 4.74 Å². The van der Waals surface area contributed by atoms with E-state index >= 15 is 0 Å². The summed E-state index contributed by atoms with van der Waals surface area (Å²) in [5.74, 6) is 1.11. The lowest BCUT2D eigenvalue weighted by Crippen LogP contribution is -2.48. The molecule has 3 aliphatic rings. The smallest absolute Gasteiger partial charge is 0.338 e. The Morgan fingerprint density at radius 2 is 1.91 bits per heavy atom. The Morgan fingerprint density at radius 3 is 2.57 bits per heavy atom. The number of carbonyl (C=O) groups is 1. The Balaban J connectivity index is 1.91. The van der Waals surface area contributed by atoms with E-state index in [1.165, 1.54) is 24.7 Å². The summed E-state index contributed by atoms with van der Waals surface area (Å²) in [6.07, 6.45) is 2.36. The Bertz CT molecular complexity index is 774. The monoisotopic (exact) mass is 306 g/mol. The lowest BCUT2D eigenvalue weighted by molar-refractivity contribution is 0.0185. The summed E-state index contributed by atoms with van der Waals surface area (Å²) in [7, 11) is 1.46. The first-order chi connectivity index (χ1) is 11.0. The molecule has 0 aliphatic heterocycles. The van der Waals surface area contributed by atoms with Gasteiger partial charge in [-0.3, -0.25) is 0 Å². The lowest BCUT2D eigenvalue weighted by Gasteiger charge is -2.57. The van der Waals surface area contributed by atoms with Crippen LogP contribution in [-0.4, -0.2) is 13.1 Å². The average Bonchev–Trinajstić information content (AvgIpc) is 2.59. The SMILES string of the molecule is COC(=O)c1cc2c(cc1-c1ccccc1)[C@@H]1C[C@H](C2)C1(C)C. The molecule has 23 heavy (non-hydrogen) atoms. The number of methoxy groups -OCH3 is 1. The van der Waals surface area contributed by atoms with Crippen molar-refractivity contribution in [2.75, 3.05) is 7.11 Å². The van der Waals surface area contributed by atoms with Crippen molar-refractivity contribution in [3.63, 3.8) is 0 Å². The fourth-order valence-corrected chi connectivity index (χ4v) is 4.45. The van der Waals surface area contributed by atoms with Crippen molar-refractivity contribution in [3.8, 4) is 11.1 Å². The van der Waals surface area contributed by atoms with Crippen LogP contribution in [0, 0.1) is 11.3 Å². The first-order valence-electron chi connectivity index (χ1n) is 8.33. The molecule has 0 aromatic heterocycles. The molecular weight excluding hydrogens is 284 g/mol. The Labute approximate surface area is 137 Å². The zero-order chi connectivity index (χ0) is 16.2. The third kappa shape index (κ3) is 2.04. The molecule has 2 aromatic carbocycles. The molecule has 1 saturated carbocycles. The highest BCUT2D eigenvalue weighted by atomic mass is 16.5. The largest absolute Gasteiger partial charge is 0.465 e. The number of benzene rings is 2. The molecule has 3 aliphatic carbocycles. The molecule has 0 spiro atoms. The molecule has 2 nitrogen and oxygen atoms in total. The van der Waals surface area contributed by atoms with Gasteiger partial charge in [-0.15, -0.1) is 0 Å². The lowest BCUT2D eigenvalue weighted by atomic mass is 9.47. The van der Waals surface area contributed by atoms with Gasteiger partial charge in [-0.25, -0.2) is 4.79 Å². The standard InChI is InChI=1S/C21H22O2/c1-21(2)15-9-14-10-18(20(22)23-3)16(12-17(14)19(21)11-15)13-7-5-4-6-8-13/h4-8,10,12,15,19H,9,11H2,1-3H3/t15-,19-/m0/s1. The predicted octanol–water partition coefficient (Wildman–Crippen LogP) is 4.83. The van der Waals surface area contributed by atoms with E-state index in [9.17, 15) is 4.79 Å². The fraction of sp³-hybridized carbons (Fsp3) is 0.381. The second-order valence-corrected chi connectivity index (χ2v) is 7.46. The van der Waals surface area contributed by atoms with E-state index in [1.54, 1.807) is 0 Å². The molecule has 0 radical (unpaired) electrons. The van der Waals surface area contributed by atoms with Crippen molar-refractivity contribution in [3.05, 3.63) is 59.2 Å². The highest BCUT2D eigenvalue weighted by Crippen LogP contribution is 2.62. The Kier molecular flexibility index (Phi) is 3.12. The molecule has 118 valence electrons. The number of hydrogen-bond acceptors (Lipinski definition) is 2. The van der Waals surface area contributed by atoms with Gasteiger partial charge in [-0.2, -0.15) is 0 Å². The van der Waals surface area contributed by atoms with Crippen LogP contribution in [0.5, 0.6) is 0 Å². The highest BCUT2D eigenvalue weighted by Gasteiger charge is 2.52. The normalized spacial score (nSPS) is 23.6. The summed E-state index contributed by atoms with van der Waals surface area (Å²) in [4.78, 5) is 12.3. The molecule has 1 fully saturated rings. The van der Waals surface area contributed by atoms with Crippen LogP contribution in [0.3, 0.4) is 0 Å². The average molecular weight is 306 g/mol. The summed E-state index contributed by atoms with van der Waals surface area (Å²) in [5.41, 5.74) is 5.92. The topological polar surface area (TPSA) is 26.3 Å². The van der Waals surface area contributed by atoms with Crippen LogP contribution in [0.1, 0.15) is 47.7 Å². The minimum Gasteiger partial charge on any atom is -0.465 e. The summed E-state index contributed by atoms with van der Waals surface area (Å²) < 4.78 is 5.03. The number of rotatable bonds is 2. The van der Waals surface area contributed by atoms with Crippen LogP contribution in [0.15, 0.2) is 42.5 Å². The second-order valence-electron chi connectivity index (χ2n) is 7.46. The first kappa shape index (κ1) is 14.5. The Hall–Kier alpha value is -2.09. The maximum absolute atomic E-state index is 12.3. The van der Waals surface area contributed by atoms with Gasteiger partial charge >= 0.3 is 5.97 Å². The van der Waals surface area contributed by atoms with Gasteiger partial charge in [-0.1, -0.05) is 44.2 Å². The van der Waals surface area contributed by atoms with E-state index in [0.717, 1.165) is 23.5 Å². The minimum absolute atomic E-state index is 0.245. The molecule has 2 heteroatoms. The van der Waals surface area contributed by atoms with Crippen molar-refractivity contribution in [2.24, 2.45) is 11.3 Å². The van der Waals surface area contributed by atoms with E-state index in [4.69, 9.17) is 4.74 Å². The van der Waals surface area contributed by atoms with Gasteiger partial charge in [0.25, 0.3) is 0 Å². The van der Waals surface area contributed by atoms with Crippen LogP contribution in [-0.2, 0) is 11.2 Å². The third-order valence-electron chi connectivity index (χ3n) is 6.08. The van der Waals surface area contributed by atoms with Crippen LogP contribution in [0.4, 0.5) is 0 Å². The van der Waals surface area contributed by atoms with E-state index in [2.05, 4.69) is 38.1 Å². The van der Waals surface area contributed by atoms with Crippen LogP contribution < -0.4 is 0 Å². The molecule has 2 bridgehead atoms. The zero-order valence-corrected chi connectivity index (χ0v) is 13.9. The van der Waals surface area contributed by atoms with Crippen LogP contribution >= 0.6 is 0 Å². The molecule has 0 amide bonds. The Morgan fingerprint density at radius 1 is 1.17 bits per heavy atom. The quantitative estimate of drug-likeness (QED) is 0.743. The van der Waals surface area contributed by atoms with Gasteiger partial charge in [-0.05, 0) is 64.5 Å². The molecule has 0 heterocycles. The maximum atomic E-state index is 12.3. The predicted molar refractivity (Wildman–Crippen MR) is 91.6 cm³/mol. The van der Waals surface area contributed by atoms with E-state index < -0.39 is 0 Å². The van der Waals surface area contributed by atoms with Crippen LogP contribution in [0.2, 0.25) is 0 Å². The molecule has 2 atom stereocenters. The minimum atomic E-state index is -0.245. The van der Waals surface area contributed by atoms with Gasteiger partial charge in [0, 0.05) is 0 Å². The number of carbonyl (C=O) groups excluding carboxylic acids is 1. The summed E-state index contributed by atoms with van der Waals surface area (Å²) in [6.45, 7) is 4.76. The number of esters is 1. The van der Waals surface area contributed by atoms with Crippen molar-refractivity contribution < 1.29 is 9.53 Å². The third-order valence-corrected chi connectivity index (χ3v) is 6.08. The van der Waals surface area contributed by atoms with Gasteiger partial charge in [0.1, 0.15) is 0 Å². The molecule has 2 aromatic rings. The summed E-state index contributed by atoms with van der Waals surface area (Å²) in [6, 6.07) is 14.5. The molecule has 0 unspecified atom stereocenters. The van der Waals surface area contributed by atoms with Crippen LogP contribution in [0.25, 0.3) is 11.1 Å². The highest BCUT2D eigenvalue weighted by molar-refractivity contribution is 5.98. The van der Waals surface area contributed by atoms with Crippen molar-refractivity contribution in [1.29, 1.82) is 0 Å². The first-order valence-corrected chi connectivity index (χ1v) is 8.33. The number of hydrogen-bond donors (Lipinski definition) is 0. The van der Waals surface area contributed by atoms with E-state index in [1.807, 2.05) is 18.2 Å². The zero-order valence-electron chi connectivity index (χ0n) is 13.9. The van der Waals surface area contributed by atoms with Crippen molar-refractivity contribution in [1.82, 2.24) is 0 Å². The van der Waals surface area contributed by atoms with E-state index in [0.29, 0.717) is 16.9 Å². The second kappa shape index (κ2) is 4.95. The molecule has 0 saturated heterocycles. The maximum Gasteiger partial charge on any atom is 0.338 e. The molecule has 0 N–H and O–H groups in total. The van der Waals surface area contributed by atoms with Gasteiger partial charge in [0.05, 0.1) is 12.7 Å². The fourth-order valence-electron chi connectivity index (χ4n) is 4.45. The summed E-state index contributed by atoms with van der Waals surface area (Å²) >= 11 is 0. The molecular formula is C21H22O2. The van der Waals surface area contributed by atoms with Gasteiger partial charge in [0.2, 0.25) is 0 Å². The summed E-state index contributed by atoms with van der Waals surface area (Å²) in [5, 5.41) is 0. The van der Waals surface area contributed by atoms with E-state index in [-0.39, 0.29) is 5.97 Å². The van der Waals surface area contributed by atoms with Crippen molar-refractivity contribution in [2.45, 2.75) is 32.6 Å². The number of ether oxygens (including phenoxy) is 1.